The summed E-state index contributed by atoms with van der Waals surface area (Å²) in [7, 11) is -3.68. The predicted octanol–water partition coefficient (Wildman–Crippen LogP) is 3.80. The number of aromatic nitrogens is 1. The van der Waals surface area contributed by atoms with Crippen LogP contribution in [0.2, 0.25) is 0 Å². The maximum absolute atomic E-state index is 13.2. The third kappa shape index (κ3) is 4.66. The van der Waals surface area contributed by atoms with Crippen LogP contribution in [0, 0.1) is 25.6 Å². The number of amides is 1. The summed E-state index contributed by atoms with van der Waals surface area (Å²) in [6.45, 7) is 7.54. The molecule has 2 saturated heterocycles. The molecule has 0 saturated carbocycles. The number of halogens is 1. The first kappa shape index (κ1) is 24.1. The topological polar surface area (TPSA) is 73.8 Å². The van der Waals surface area contributed by atoms with Crippen molar-refractivity contribution in [3.63, 3.8) is 0 Å². The summed E-state index contributed by atoms with van der Waals surface area (Å²) in [4.78, 5) is 22.3. The largest absolute Gasteiger partial charge is 0.345 e. The molecular formula is C25H29FN4O3S2. The number of hydrogen-bond donors (Lipinski definition) is 0. The second-order valence-electron chi connectivity index (χ2n) is 9.30. The summed E-state index contributed by atoms with van der Waals surface area (Å²) in [5.74, 6) is -0.532. The molecule has 0 bridgehead atoms. The highest BCUT2D eigenvalue weighted by atomic mass is 32.2. The van der Waals surface area contributed by atoms with E-state index in [1.165, 1.54) is 32.3 Å². The van der Waals surface area contributed by atoms with Gasteiger partial charge in [-0.3, -0.25) is 4.79 Å². The maximum atomic E-state index is 13.2. The molecule has 2 aliphatic heterocycles. The van der Waals surface area contributed by atoms with Gasteiger partial charge in [0.15, 0.2) is 5.13 Å². The third-order valence-corrected chi connectivity index (χ3v) is 10.2. The number of piperazine rings is 1. The summed E-state index contributed by atoms with van der Waals surface area (Å²) in [6.07, 6.45) is 0.992. The highest BCUT2D eigenvalue weighted by Crippen LogP contribution is 2.33. The quantitative estimate of drug-likeness (QED) is 0.527. The summed E-state index contributed by atoms with van der Waals surface area (Å²) >= 11 is 1.69. The van der Waals surface area contributed by atoms with Crippen molar-refractivity contribution in [3.8, 4) is 0 Å². The fourth-order valence-corrected chi connectivity index (χ4v) is 7.37. The van der Waals surface area contributed by atoms with Gasteiger partial charge in [-0.1, -0.05) is 17.4 Å². The van der Waals surface area contributed by atoms with Gasteiger partial charge in [0.2, 0.25) is 15.9 Å². The lowest BCUT2D eigenvalue weighted by Crippen LogP contribution is -2.52. The van der Waals surface area contributed by atoms with Crippen LogP contribution in [-0.2, 0) is 14.8 Å². The average Bonchev–Trinajstić information content (AvgIpc) is 3.31. The average molecular weight is 517 g/mol. The van der Waals surface area contributed by atoms with Crippen molar-refractivity contribution in [1.29, 1.82) is 0 Å². The number of carbonyl (C=O) groups is 1. The molecule has 186 valence electrons. The van der Waals surface area contributed by atoms with E-state index in [9.17, 15) is 17.6 Å². The Morgan fingerprint density at radius 3 is 2.29 bits per heavy atom. The van der Waals surface area contributed by atoms with Crippen molar-refractivity contribution < 1.29 is 17.6 Å². The number of carbonyl (C=O) groups excluding carboxylic acids is 1. The van der Waals surface area contributed by atoms with E-state index >= 15 is 0 Å². The zero-order chi connectivity index (χ0) is 24.7. The lowest BCUT2D eigenvalue weighted by atomic mass is 9.96. The molecule has 0 aliphatic carbocycles. The zero-order valence-corrected chi connectivity index (χ0v) is 21.5. The molecule has 1 amide bonds. The Morgan fingerprint density at radius 2 is 1.63 bits per heavy atom. The van der Waals surface area contributed by atoms with Crippen molar-refractivity contribution in [2.45, 2.75) is 31.6 Å². The molecule has 0 radical (unpaired) electrons. The minimum Gasteiger partial charge on any atom is -0.345 e. The number of nitrogens with zero attached hydrogens (tertiary/aromatic N) is 4. The van der Waals surface area contributed by atoms with E-state index in [1.807, 2.05) is 4.90 Å². The summed E-state index contributed by atoms with van der Waals surface area (Å²) in [5.41, 5.74) is 3.51. The van der Waals surface area contributed by atoms with Crippen LogP contribution in [0.1, 0.15) is 24.0 Å². The van der Waals surface area contributed by atoms with Gasteiger partial charge in [0.25, 0.3) is 0 Å². The Morgan fingerprint density at radius 1 is 0.971 bits per heavy atom. The van der Waals surface area contributed by atoms with Gasteiger partial charge in [-0.05, 0) is 68.1 Å². The lowest BCUT2D eigenvalue weighted by Gasteiger charge is -2.38. The minimum absolute atomic E-state index is 0.0833. The molecule has 0 N–H and O–H groups in total. The number of anilines is 1. The molecule has 3 aromatic rings. The summed E-state index contributed by atoms with van der Waals surface area (Å²) < 4.78 is 41.5. The van der Waals surface area contributed by atoms with E-state index < -0.39 is 15.8 Å². The van der Waals surface area contributed by atoms with E-state index in [0.29, 0.717) is 39.0 Å². The van der Waals surface area contributed by atoms with Gasteiger partial charge in [-0.2, -0.15) is 4.31 Å². The monoisotopic (exact) mass is 516 g/mol. The van der Waals surface area contributed by atoms with Crippen LogP contribution in [0.3, 0.4) is 0 Å². The third-order valence-electron chi connectivity index (χ3n) is 7.19. The van der Waals surface area contributed by atoms with Gasteiger partial charge in [-0.15, -0.1) is 0 Å². The Kier molecular flexibility index (Phi) is 6.54. The maximum Gasteiger partial charge on any atom is 0.243 e. The molecule has 2 aliphatic rings. The van der Waals surface area contributed by atoms with E-state index in [1.54, 1.807) is 11.3 Å². The van der Waals surface area contributed by atoms with Gasteiger partial charge in [0.05, 0.1) is 15.1 Å². The number of thiazole rings is 1. The number of benzene rings is 2. The summed E-state index contributed by atoms with van der Waals surface area (Å²) in [5, 5.41) is 1.00. The highest BCUT2D eigenvalue weighted by Gasteiger charge is 2.35. The number of hydrogen-bond acceptors (Lipinski definition) is 6. The van der Waals surface area contributed by atoms with Crippen molar-refractivity contribution in [1.82, 2.24) is 14.2 Å². The molecule has 1 aromatic heterocycles. The van der Waals surface area contributed by atoms with Crippen molar-refractivity contribution >= 4 is 42.6 Å². The SMILES string of the molecule is Cc1ccc2sc(N3CCN(C(=O)C4CCN(S(=O)(=O)c5ccc(F)cc5)CC4)CC3)nc2c1C. The number of fused-ring (bicyclic) bond motifs is 1. The molecule has 0 atom stereocenters. The molecule has 7 nitrogen and oxygen atoms in total. The number of aryl methyl sites for hydroxylation is 2. The standard InChI is InChI=1S/C25H29FN4O3S2/c1-17-3-8-22-23(18(17)2)27-25(34-22)29-15-13-28(14-16-29)24(31)19-9-11-30(12-10-19)35(32,33)21-6-4-20(26)5-7-21/h3-8,19H,9-16H2,1-2H3. The molecule has 5 rings (SSSR count). The number of rotatable bonds is 4. The van der Waals surface area contributed by atoms with Gasteiger partial charge >= 0.3 is 0 Å². The van der Waals surface area contributed by atoms with E-state index in [2.05, 4.69) is 30.9 Å². The zero-order valence-electron chi connectivity index (χ0n) is 19.9. The molecule has 2 aromatic carbocycles. The van der Waals surface area contributed by atoms with Gasteiger partial charge in [0, 0.05) is 45.2 Å². The normalized spacial score (nSPS) is 18.4. The van der Waals surface area contributed by atoms with Crippen LogP contribution < -0.4 is 4.90 Å². The molecule has 0 unspecified atom stereocenters. The summed E-state index contributed by atoms with van der Waals surface area (Å²) in [6, 6.07) is 9.14. The lowest BCUT2D eigenvalue weighted by molar-refractivity contribution is -0.137. The molecule has 2 fully saturated rings. The van der Waals surface area contributed by atoms with Crippen LogP contribution in [0.5, 0.6) is 0 Å². The van der Waals surface area contributed by atoms with Crippen molar-refractivity contribution in [3.05, 3.63) is 53.3 Å². The second kappa shape index (κ2) is 9.48. The van der Waals surface area contributed by atoms with E-state index in [0.717, 1.165) is 35.9 Å². The molecule has 3 heterocycles. The molecular weight excluding hydrogens is 487 g/mol. The van der Waals surface area contributed by atoms with Crippen LogP contribution in [0.4, 0.5) is 9.52 Å². The van der Waals surface area contributed by atoms with Gasteiger partial charge < -0.3 is 9.80 Å². The minimum atomic E-state index is -3.68. The van der Waals surface area contributed by atoms with E-state index in [-0.39, 0.29) is 16.7 Å². The molecule has 0 spiro atoms. The Hall–Kier alpha value is -2.56. The van der Waals surface area contributed by atoms with Crippen molar-refractivity contribution in [2.75, 3.05) is 44.2 Å². The van der Waals surface area contributed by atoms with Crippen LogP contribution >= 0.6 is 11.3 Å². The van der Waals surface area contributed by atoms with Gasteiger partial charge in [0.1, 0.15) is 5.82 Å². The van der Waals surface area contributed by atoms with Crippen LogP contribution in [0.25, 0.3) is 10.2 Å². The Balaban J connectivity index is 1.17. The highest BCUT2D eigenvalue weighted by molar-refractivity contribution is 7.89. The number of piperidine rings is 1. The molecule has 35 heavy (non-hydrogen) atoms. The van der Waals surface area contributed by atoms with E-state index in [4.69, 9.17) is 4.98 Å². The first-order valence-electron chi connectivity index (χ1n) is 11.9. The first-order chi connectivity index (χ1) is 16.7. The van der Waals surface area contributed by atoms with Crippen molar-refractivity contribution in [2.24, 2.45) is 5.92 Å². The number of sulfonamides is 1. The first-order valence-corrected chi connectivity index (χ1v) is 14.2. The Bertz CT molecular complexity index is 1340. The smallest absolute Gasteiger partial charge is 0.243 e. The fourth-order valence-electron chi connectivity index (χ4n) is 4.82. The van der Waals surface area contributed by atoms with Crippen LogP contribution in [-0.4, -0.2) is 67.8 Å². The Labute approximate surface area is 209 Å². The second-order valence-corrected chi connectivity index (χ2v) is 12.2. The predicted molar refractivity (Wildman–Crippen MR) is 136 cm³/mol. The molecule has 10 heteroatoms. The van der Waals surface area contributed by atoms with Gasteiger partial charge in [-0.25, -0.2) is 17.8 Å². The van der Waals surface area contributed by atoms with Crippen LogP contribution in [0.15, 0.2) is 41.3 Å². The fraction of sp³-hybridized carbons (Fsp3) is 0.440.